The van der Waals surface area contributed by atoms with Gasteiger partial charge >= 0.3 is 0 Å². The van der Waals surface area contributed by atoms with Crippen LogP contribution in [0, 0.1) is 0 Å². The average Bonchev–Trinajstić information content (AvgIpc) is 2.54. The number of hydrogen-bond acceptors (Lipinski definition) is 3. The largest absolute Gasteiger partial charge is 0.388 e. The first-order chi connectivity index (χ1) is 10.6. The lowest BCUT2D eigenvalue weighted by Gasteiger charge is -2.32. The zero-order valence-electron chi connectivity index (χ0n) is 12.4. The van der Waals surface area contributed by atoms with E-state index in [1.54, 1.807) is 18.2 Å². The number of aliphatic hydroxyl groups is 1. The van der Waals surface area contributed by atoms with Crippen LogP contribution in [0.25, 0.3) is 10.9 Å². The Hall–Kier alpha value is -2.14. The molecule has 0 radical (unpaired) electrons. The highest BCUT2D eigenvalue weighted by Gasteiger charge is 2.29. The Morgan fingerprint density at radius 1 is 1.23 bits per heavy atom. The molecule has 2 aromatic rings. The van der Waals surface area contributed by atoms with E-state index in [1.165, 1.54) is 6.20 Å². The summed E-state index contributed by atoms with van der Waals surface area (Å²) in [6.45, 7) is 0.193. The van der Waals surface area contributed by atoms with E-state index in [-0.39, 0.29) is 17.5 Å². The first-order valence-electron chi connectivity index (χ1n) is 7.70. The van der Waals surface area contributed by atoms with Gasteiger partial charge in [0.25, 0.3) is 5.91 Å². The Bertz CT molecular complexity index is 745. The Balaban J connectivity index is 1.78. The Labute approximate surface area is 128 Å². The van der Waals surface area contributed by atoms with Gasteiger partial charge in [-0.1, -0.05) is 31.4 Å². The summed E-state index contributed by atoms with van der Waals surface area (Å²) in [4.78, 5) is 27.6. The summed E-state index contributed by atoms with van der Waals surface area (Å²) >= 11 is 0. The van der Waals surface area contributed by atoms with Gasteiger partial charge in [0.15, 0.2) is 0 Å². The van der Waals surface area contributed by atoms with Crippen LogP contribution in [0.3, 0.4) is 0 Å². The van der Waals surface area contributed by atoms with E-state index >= 15 is 0 Å². The highest BCUT2D eigenvalue weighted by Crippen LogP contribution is 2.27. The third-order valence-electron chi connectivity index (χ3n) is 4.40. The molecule has 5 heteroatoms. The molecule has 5 nitrogen and oxygen atoms in total. The van der Waals surface area contributed by atoms with Gasteiger partial charge in [-0.05, 0) is 25.0 Å². The van der Waals surface area contributed by atoms with E-state index in [9.17, 15) is 14.7 Å². The Morgan fingerprint density at radius 3 is 2.73 bits per heavy atom. The van der Waals surface area contributed by atoms with Crippen LogP contribution in [0.15, 0.2) is 35.3 Å². The van der Waals surface area contributed by atoms with Gasteiger partial charge in [0.1, 0.15) is 5.56 Å². The van der Waals surface area contributed by atoms with E-state index in [4.69, 9.17) is 0 Å². The molecule has 0 saturated heterocycles. The van der Waals surface area contributed by atoms with Crippen molar-refractivity contribution in [3.63, 3.8) is 0 Å². The van der Waals surface area contributed by atoms with E-state index in [1.807, 2.05) is 6.07 Å². The molecule has 1 aliphatic carbocycles. The first kappa shape index (κ1) is 14.8. The molecule has 0 bridgehead atoms. The maximum Gasteiger partial charge on any atom is 0.256 e. The quantitative estimate of drug-likeness (QED) is 0.810. The van der Waals surface area contributed by atoms with Crippen LogP contribution in [-0.4, -0.2) is 28.1 Å². The average molecular weight is 300 g/mol. The summed E-state index contributed by atoms with van der Waals surface area (Å²) in [6.07, 6.45) is 5.90. The molecule has 0 aliphatic heterocycles. The van der Waals surface area contributed by atoms with Crippen LogP contribution in [0.5, 0.6) is 0 Å². The zero-order valence-corrected chi connectivity index (χ0v) is 12.4. The van der Waals surface area contributed by atoms with Crippen LogP contribution < -0.4 is 10.7 Å². The van der Waals surface area contributed by atoms with Crippen LogP contribution in [0.4, 0.5) is 0 Å². The molecule has 0 unspecified atom stereocenters. The maximum absolute atomic E-state index is 12.4. The van der Waals surface area contributed by atoms with Gasteiger partial charge < -0.3 is 15.4 Å². The number of aromatic amines is 1. The smallest absolute Gasteiger partial charge is 0.256 e. The van der Waals surface area contributed by atoms with Crippen molar-refractivity contribution in [2.24, 2.45) is 0 Å². The third kappa shape index (κ3) is 2.90. The summed E-state index contributed by atoms with van der Waals surface area (Å²) in [5.41, 5.74) is -0.340. The molecule has 116 valence electrons. The van der Waals surface area contributed by atoms with Crippen LogP contribution in [0.2, 0.25) is 0 Å². The minimum absolute atomic E-state index is 0.0816. The van der Waals surface area contributed by atoms with Crippen molar-refractivity contribution >= 4 is 16.8 Å². The fourth-order valence-corrected chi connectivity index (χ4v) is 3.06. The van der Waals surface area contributed by atoms with Crippen molar-refractivity contribution in [2.45, 2.75) is 37.7 Å². The Morgan fingerprint density at radius 2 is 1.95 bits per heavy atom. The van der Waals surface area contributed by atoms with Gasteiger partial charge in [-0.25, -0.2) is 0 Å². The molecule has 0 spiro atoms. The summed E-state index contributed by atoms with van der Waals surface area (Å²) < 4.78 is 0. The lowest BCUT2D eigenvalue weighted by atomic mass is 9.85. The standard InChI is InChI=1S/C17H20N2O3/c20-15-12-6-2-3-7-14(12)18-10-13(15)16(21)19-11-17(22)8-4-1-5-9-17/h2-3,6-7,10,22H,1,4-5,8-9,11H2,(H,18,20)(H,19,21). The molecule has 1 heterocycles. The number of fused-ring (bicyclic) bond motifs is 1. The predicted molar refractivity (Wildman–Crippen MR) is 84.9 cm³/mol. The van der Waals surface area contributed by atoms with Crippen molar-refractivity contribution < 1.29 is 9.90 Å². The molecule has 3 rings (SSSR count). The summed E-state index contributed by atoms with van der Waals surface area (Å²) in [5.74, 6) is -0.439. The molecule has 1 fully saturated rings. The number of carbonyl (C=O) groups is 1. The van der Waals surface area contributed by atoms with Gasteiger partial charge in [-0.3, -0.25) is 9.59 Å². The van der Waals surface area contributed by atoms with E-state index in [2.05, 4.69) is 10.3 Å². The number of hydrogen-bond donors (Lipinski definition) is 3. The normalized spacial score (nSPS) is 17.3. The van der Waals surface area contributed by atoms with Crippen molar-refractivity contribution in [3.8, 4) is 0 Å². The van der Waals surface area contributed by atoms with Crippen molar-refractivity contribution in [2.75, 3.05) is 6.54 Å². The van der Waals surface area contributed by atoms with Crippen molar-refractivity contribution in [1.82, 2.24) is 10.3 Å². The number of nitrogens with one attached hydrogen (secondary N) is 2. The van der Waals surface area contributed by atoms with Gasteiger partial charge in [0.05, 0.1) is 5.60 Å². The van der Waals surface area contributed by atoms with Gasteiger partial charge in [-0.2, -0.15) is 0 Å². The molecule has 1 aromatic carbocycles. The van der Waals surface area contributed by atoms with Gasteiger partial charge in [-0.15, -0.1) is 0 Å². The Kier molecular flexibility index (Phi) is 3.98. The number of rotatable bonds is 3. The second-order valence-corrected chi connectivity index (χ2v) is 6.04. The second-order valence-electron chi connectivity index (χ2n) is 6.04. The van der Waals surface area contributed by atoms with Gasteiger partial charge in [0.2, 0.25) is 5.43 Å². The fourth-order valence-electron chi connectivity index (χ4n) is 3.06. The number of para-hydroxylation sites is 1. The van der Waals surface area contributed by atoms with Crippen LogP contribution >= 0.6 is 0 Å². The lowest BCUT2D eigenvalue weighted by Crippen LogP contribution is -2.45. The van der Waals surface area contributed by atoms with Crippen LogP contribution in [-0.2, 0) is 0 Å². The highest BCUT2D eigenvalue weighted by atomic mass is 16.3. The molecule has 0 atom stereocenters. The predicted octanol–water partition coefficient (Wildman–Crippen LogP) is 1.95. The molecular weight excluding hydrogens is 280 g/mol. The zero-order chi connectivity index (χ0) is 15.6. The summed E-state index contributed by atoms with van der Waals surface area (Å²) in [5, 5.41) is 13.6. The van der Waals surface area contributed by atoms with Crippen molar-refractivity contribution in [3.05, 3.63) is 46.2 Å². The second kappa shape index (κ2) is 5.93. The lowest BCUT2D eigenvalue weighted by molar-refractivity contribution is 0.00524. The van der Waals surface area contributed by atoms with E-state index < -0.39 is 11.5 Å². The van der Waals surface area contributed by atoms with E-state index in [0.29, 0.717) is 23.7 Å². The van der Waals surface area contributed by atoms with Crippen molar-refractivity contribution in [1.29, 1.82) is 0 Å². The highest BCUT2D eigenvalue weighted by molar-refractivity contribution is 5.97. The molecular formula is C17H20N2O3. The van der Waals surface area contributed by atoms with Crippen LogP contribution in [0.1, 0.15) is 42.5 Å². The molecule has 22 heavy (non-hydrogen) atoms. The molecule has 1 saturated carbocycles. The summed E-state index contributed by atoms with van der Waals surface area (Å²) in [7, 11) is 0. The minimum Gasteiger partial charge on any atom is -0.388 e. The number of H-pyrrole nitrogens is 1. The number of carbonyl (C=O) groups excluding carboxylic acids is 1. The number of amides is 1. The molecule has 3 N–H and O–H groups in total. The fraction of sp³-hybridized carbons (Fsp3) is 0.412. The number of benzene rings is 1. The molecule has 1 aliphatic rings. The first-order valence-corrected chi connectivity index (χ1v) is 7.70. The SMILES string of the molecule is O=C(NCC1(O)CCCCC1)c1c[nH]c2ccccc2c1=O. The number of pyridine rings is 1. The minimum atomic E-state index is -0.836. The molecule has 1 amide bonds. The molecule has 1 aromatic heterocycles. The topological polar surface area (TPSA) is 82.2 Å². The summed E-state index contributed by atoms with van der Waals surface area (Å²) in [6, 6.07) is 7.09. The van der Waals surface area contributed by atoms with E-state index in [0.717, 1.165) is 19.3 Å². The number of aromatic nitrogens is 1. The third-order valence-corrected chi connectivity index (χ3v) is 4.40. The monoisotopic (exact) mass is 300 g/mol. The maximum atomic E-state index is 12.4. The van der Waals surface area contributed by atoms with Gasteiger partial charge in [0, 0.05) is 23.6 Å².